The van der Waals surface area contributed by atoms with Crippen LogP contribution in [0.3, 0.4) is 0 Å². The molecule has 4 nitrogen and oxygen atoms in total. The highest BCUT2D eigenvalue weighted by Crippen LogP contribution is 2.01. The Morgan fingerprint density at radius 3 is 2.81 bits per heavy atom. The van der Waals surface area contributed by atoms with Gasteiger partial charge in [0.25, 0.3) is 5.91 Å². The zero-order chi connectivity index (χ0) is 11.8. The van der Waals surface area contributed by atoms with E-state index in [0.717, 1.165) is 11.8 Å². The Labute approximate surface area is 104 Å². The monoisotopic (exact) mass is 286 g/mol. The van der Waals surface area contributed by atoms with E-state index >= 15 is 0 Å². The Balaban J connectivity index is 2.54. The Hall–Kier alpha value is -0.940. The molecule has 1 heterocycles. The fourth-order valence-corrected chi connectivity index (χ4v) is 1.85. The summed E-state index contributed by atoms with van der Waals surface area (Å²) in [7, 11) is 1.62. The van der Waals surface area contributed by atoms with Gasteiger partial charge in [-0.05, 0) is 18.6 Å². The molecule has 0 aromatic carbocycles. The maximum Gasteiger partial charge on any atom is 0.251 e. The summed E-state index contributed by atoms with van der Waals surface area (Å²) in [5.41, 5.74) is 0.616. The minimum Gasteiger partial charge on any atom is -0.383 e. The lowest BCUT2D eigenvalue weighted by molar-refractivity contribution is 0.0895. The van der Waals surface area contributed by atoms with Gasteiger partial charge in [0.05, 0.1) is 12.6 Å². The van der Waals surface area contributed by atoms with Crippen LogP contribution in [0.2, 0.25) is 0 Å². The maximum absolute atomic E-state index is 11.8. The van der Waals surface area contributed by atoms with Crippen LogP contribution in [0.5, 0.6) is 0 Å². The zero-order valence-corrected chi connectivity index (χ0v) is 10.7. The second-order valence-corrected chi connectivity index (χ2v) is 4.13. The highest BCUT2D eigenvalue weighted by molar-refractivity contribution is 9.09. The number of halogens is 1. The van der Waals surface area contributed by atoms with Gasteiger partial charge in [-0.3, -0.25) is 9.78 Å². The molecule has 1 N–H and O–H groups in total. The van der Waals surface area contributed by atoms with E-state index in [1.807, 2.05) is 0 Å². The van der Waals surface area contributed by atoms with Gasteiger partial charge in [-0.15, -0.1) is 0 Å². The van der Waals surface area contributed by atoms with Crippen LogP contribution < -0.4 is 5.32 Å². The van der Waals surface area contributed by atoms with Crippen LogP contribution in [0.1, 0.15) is 16.8 Å². The number of alkyl halides is 1. The minimum absolute atomic E-state index is 0.0324. The molecule has 16 heavy (non-hydrogen) atoms. The number of nitrogens with zero attached hydrogens (tertiary/aromatic N) is 1. The minimum atomic E-state index is -0.0922. The fourth-order valence-electron chi connectivity index (χ4n) is 1.30. The Kier molecular flexibility index (Phi) is 6.03. The lowest BCUT2D eigenvalue weighted by atomic mass is 10.2. The molecule has 5 heteroatoms. The molecule has 0 aliphatic carbocycles. The van der Waals surface area contributed by atoms with Crippen molar-refractivity contribution in [1.29, 1.82) is 0 Å². The molecule has 0 aliphatic rings. The molecule has 0 radical (unpaired) electrons. The van der Waals surface area contributed by atoms with E-state index in [0.29, 0.717) is 12.2 Å². The summed E-state index contributed by atoms with van der Waals surface area (Å²) in [6, 6.07) is 3.41. The summed E-state index contributed by atoms with van der Waals surface area (Å²) in [5, 5.41) is 3.74. The quantitative estimate of drug-likeness (QED) is 0.809. The van der Waals surface area contributed by atoms with Gasteiger partial charge in [0.1, 0.15) is 0 Å². The van der Waals surface area contributed by atoms with Gasteiger partial charge >= 0.3 is 0 Å². The van der Waals surface area contributed by atoms with Crippen molar-refractivity contribution in [2.45, 2.75) is 12.5 Å². The van der Waals surface area contributed by atoms with E-state index in [1.54, 1.807) is 31.6 Å². The summed E-state index contributed by atoms with van der Waals surface area (Å²) in [6.45, 7) is 0.516. The van der Waals surface area contributed by atoms with Crippen LogP contribution in [-0.4, -0.2) is 36.0 Å². The van der Waals surface area contributed by atoms with E-state index in [1.165, 1.54) is 0 Å². The van der Waals surface area contributed by atoms with Crippen LogP contribution in [0, 0.1) is 0 Å². The number of aromatic nitrogens is 1. The molecule has 1 rings (SSSR count). The molecule has 1 aromatic heterocycles. The van der Waals surface area contributed by atoms with Crippen molar-refractivity contribution in [3.8, 4) is 0 Å². The van der Waals surface area contributed by atoms with Crippen molar-refractivity contribution in [2.24, 2.45) is 0 Å². The predicted molar refractivity (Wildman–Crippen MR) is 65.8 cm³/mol. The van der Waals surface area contributed by atoms with Crippen LogP contribution in [0.15, 0.2) is 24.5 Å². The van der Waals surface area contributed by atoms with E-state index in [-0.39, 0.29) is 11.9 Å². The van der Waals surface area contributed by atoms with Gasteiger partial charge in [-0.1, -0.05) is 15.9 Å². The topological polar surface area (TPSA) is 51.2 Å². The summed E-state index contributed by atoms with van der Waals surface area (Å²) < 4.78 is 5.05. The molecule has 0 bridgehead atoms. The number of nitrogens with one attached hydrogen (secondary N) is 1. The number of pyridine rings is 1. The van der Waals surface area contributed by atoms with Crippen molar-refractivity contribution in [2.75, 3.05) is 19.0 Å². The first kappa shape index (κ1) is 13.1. The summed E-state index contributed by atoms with van der Waals surface area (Å²) in [4.78, 5) is 15.7. The Morgan fingerprint density at radius 1 is 1.56 bits per heavy atom. The van der Waals surface area contributed by atoms with Gasteiger partial charge in [-0.2, -0.15) is 0 Å². The standard InChI is InChI=1S/C11H15BrN2O2/c1-16-8-10(2-5-12)14-11(15)9-3-6-13-7-4-9/h3-4,6-7,10H,2,5,8H2,1H3,(H,14,15). The highest BCUT2D eigenvalue weighted by Gasteiger charge is 2.12. The van der Waals surface area contributed by atoms with Crippen molar-refractivity contribution < 1.29 is 9.53 Å². The van der Waals surface area contributed by atoms with Crippen LogP contribution in [0.4, 0.5) is 0 Å². The number of amides is 1. The zero-order valence-electron chi connectivity index (χ0n) is 9.15. The number of rotatable bonds is 6. The van der Waals surface area contributed by atoms with E-state index in [4.69, 9.17) is 4.74 Å². The third kappa shape index (κ3) is 4.28. The number of carbonyl (C=O) groups excluding carboxylic acids is 1. The predicted octanol–water partition coefficient (Wildman–Crippen LogP) is 1.61. The smallest absolute Gasteiger partial charge is 0.251 e. The number of hydrogen-bond acceptors (Lipinski definition) is 3. The normalized spacial score (nSPS) is 12.1. The fraction of sp³-hybridized carbons (Fsp3) is 0.455. The average molecular weight is 287 g/mol. The molecular formula is C11H15BrN2O2. The van der Waals surface area contributed by atoms with Crippen molar-refractivity contribution in [3.05, 3.63) is 30.1 Å². The average Bonchev–Trinajstić information content (AvgIpc) is 2.31. The first-order valence-corrected chi connectivity index (χ1v) is 6.16. The molecule has 88 valence electrons. The third-order valence-electron chi connectivity index (χ3n) is 2.10. The molecule has 1 amide bonds. The molecule has 1 atom stereocenters. The van der Waals surface area contributed by atoms with E-state index in [2.05, 4.69) is 26.2 Å². The second kappa shape index (κ2) is 7.35. The van der Waals surface area contributed by atoms with Gasteiger partial charge in [-0.25, -0.2) is 0 Å². The number of carbonyl (C=O) groups is 1. The molecule has 0 aliphatic heterocycles. The maximum atomic E-state index is 11.8. The number of methoxy groups -OCH3 is 1. The second-order valence-electron chi connectivity index (χ2n) is 3.34. The molecule has 1 unspecified atom stereocenters. The van der Waals surface area contributed by atoms with Gasteiger partial charge in [0.2, 0.25) is 0 Å². The Morgan fingerprint density at radius 2 is 2.25 bits per heavy atom. The summed E-state index contributed by atoms with van der Waals surface area (Å²) in [6.07, 6.45) is 4.04. The van der Waals surface area contributed by atoms with E-state index in [9.17, 15) is 4.79 Å². The first-order chi connectivity index (χ1) is 7.77. The molecule has 1 aromatic rings. The van der Waals surface area contributed by atoms with Gasteiger partial charge in [0, 0.05) is 30.4 Å². The van der Waals surface area contributed by atoms with Gasteiger partial charge in [0.15, 0.2) is 0 Å². The summed E-state index contributed by atoms with van der Waals surface area (Å²) >= 11 is 3.35. The van der Waals surface area contributed by atoms with Gasteiger partial charge < -0.3 is 10.1 Å². The Bertz CT molecular complexity index is 313. The molecule has 0 fully saturated rings. The molecule has 0 saturated heterocycles. The lowest BCUT2D eigenvalue weighted by Crippen LogP contribution is -2.38. The van der Waals surface area contributed by atoms with Crippen LogP contribution in [0.25, 0.3) is 0 Å². The third-order valence-corrected chi connectivity index (χ3v) is 2.56. The lowest BCUT2D eigenvalue weighted by Gasteiger charge is -2.16. The highest BCUT2D eigenvalue weighted by atomic mass is 79.9. The molecule has 0 saturated carbocycles. The number of hydrogen-bond donors (Lipinski definition) is 1. The van der Waals surface area contributed by atoms with Crippen LogP contribution >= 0.6 is 15.9 Å². The first-order valence-electron chi connectivity index (χ1n) is 5.03. The van der Waals surface area contributed by atoms with E-state index < -0.39 is 0 Å². The SMILES string of the molecule is COCC(CCBr)NC(=O)c1ccncc1. The number of ether oxygens (including phenoxy) is 1. The van der Waals surface area contributed by atoms with Crippen molar-refractivity contribution in [3.63, 3.8) is 0 Å². The van der Waals surface area contributed by atoms with Crippen LogP contribution in [-0.2, 0) is 4.74 Å². The largest absolute Gasteiger partial charge is 0.383 e. The molecule has 0 spiro atoms. The van der Waals surface area contributed by atoms with Crippen molar-refractivity contribution >= 4 is 21.8 Å². The summed E-state index contributed by atoms with van der Waals surface area (Å²) in [5.74, 6) is -0.0922. The van der Waals surface area contributed by atoms with Crippen molar-refractivity contribution in [1.82, 2.24) is 10.3 Å². The molecular weight excluding hydrogens is 272 g/mol.